The van der Waals surface area contributed by atoms with Gasteiger partial charge in [-0.2, -0.15) is 0 Å². The molecule has 3 nitrogen and oxygen atoms in total. The molecule has 1 aliphatic carbocycles. The maximum absolute atomic E-state index is 4.15. The standard InChI is InChI=1S/C13H19N3Si/c1-17(2,3)10-9-12-7-8-13(16-15-12)14-11-5-4-6-11/h7-8,11H,4-6H2,1-3H3,(H,14,16). The first-order valence-electron chi connectivity index (χ1n) is 6.16. The molecule has 4 heteroatoms. The summed E-state index contributed by atoms with van der Waals surface area (Å²) in [5.41, 5.74) is 4.06. The van der Waals surface area contributed by atoms with Gasteiger partial charge in [0.25, 0.3) is 0 Å². The van der Waals surface area contributed by atoms with E-state index in [0.29, 0.717) is 6.04 Å². The Kier molecular flexibility index (Phi) is 3.48. The number of aromatic nitrogens is 2. The summed E-state index contributed by atoms with van der Waals surface area (Å²) < 4.78 is 0. The largest absolute Gasteiger partial charge is 0.366 e. The van der Waals surface area contributed by atoms with E-state index in [-0.39, 0.29) is 0 Å². The molecule has 0 spiro atoms. The van der Waals surface area contributed by atoms with Crippen LogP contribution in [0.2, 0.25) is 19.6 Å². The molecule has 1 aromatic rings. The van der Waals surface area contributed by atoms with Gasteiger partial charge < -0.3 is 5.32 Å². The summed E-state index contributed by atoms with van der Waals surface area (Å²) in [6, 6.07) is 4.52. The fourth-order valence-electron chi connectivity index (χ4n) is 1.49. The molecule has 0 unspecified atom stereocenters. The van der Waals surface area contributed by atoms with Crippen LogP contribution in [0, 0.1) is 11.5 Å². The highest BCUT2D eigenvalue weighted by Gasteiger charge is 2.17. The Morgan fingerprint density at radius 3 is 2.47 bits per heavy atom. The van der Waals surface area contributed by atoms with Crippen molar-refractivity contribution in [1.29, 1.82) is 0 Å². The zero-order chi connectivity index (χ0) is 12.3. The Balaban J connectivity index is 1.99. The van der Waals surface area contributed by atoms with E-state index in [2.05, 4.69) is 46.6 Å². The molecule has 0 bridgehead atoms. The number of nitrogens with zero attached hydrogens (tertiary/aromatic N) is 2. The lowest BCUT2D eigenvalue weighted by Crippen LogP contribution is -2.27. The highest BCUT2D eigenvalue weighted by Crippen LogP contribution is 2.21. The van der Waals surface area contributed by atoms with Gasteiger partial charge in [0, 0.05) is 6.04 Å². The van der Waals surface area contributed by atoms with Gasteiger partial charge in [-0.05, 0) is 31.4 Å². The second-order valence-electron chi connectivity index (χ2n) is 5.58. The molecule has 0 amide bonds. The van der Waals surface area contributed by atoms with E-state index in [1.807, 2.05) is 12.1 Å². The molecule has 1 heterocycles. The maximum Gasteiger partial charge on any atom is 0.148 e. The molecule has 1 aliphatic rings. The van der Waals surface area contributed by atoms with Crippen LogP contribution in [0.5, 0.6) is 0 Å². The predicted octanol–water partition coefficient (Wildman–Crippen LogP) is 2.67. The summed E-state index contributed by atoms with van der Waals surface area (Å²) in [6.07, 6.45) is 3.82. The Morgan fingerprint density at radius 2 is 2.00 bits per heavy atom. The molecule has 0 saturated heterocycles. The first kappa shape index (κ1) is 12.1. The molecule has 0 aliphatic heterocycles. The zero-order valence-corrected chi connectivity index (χ0v) is 11.7. The number of hydrogen-bond donors (Lipinski definition) is 1. The molecular formula is C13H19N3Si. The molecule has 1 N–H and O–H groups in total. The van der Waals surface area contributed by atoms with Crippen LogP contribution >= 0.6 is 0 Å². The summed E-state index contributed by atoms with van der Waals surface area (Å²) in [6.45, 7) is 6.67. The highest BCUT2D eigenvalue weighted by atomic mass is 28.3. The van der Waals surface area contributed by atoms with Gasteiger partial charge in [0.2, 0.25) is 0 Å². The summed E-state index contributed by atoms with van der Waals surface area (Å²) in [7, 11) is -1.32. The highest BCUT2D eigenvalue weighted by molar-refractivity contribution is 6.83. The third-order valence-electron chi connectivity index (χ3n) is 2.69. The Hall–Kier alpha value is -1.34. The van der Waals surface area contributed by atoms with Crippen molar-refractivity contribution in [1.82, 2.24) is 10.2 Å². The third kappa shape index (κ3) is 3.86. The van der Waals surface area contributed by atoms with Gasteiger partial charge in [-0.1, -0.05) is 25.6 Å². The van der Waals surface area contributed by atoms with E-state index in [4.69, 9.17) is 0 Å². The number of nitrogens with one attached hydrogen (secondary N) is 1. The first-order valence-corrected chi connectivity index (χ1v) is 9.66. The molecule has 1 fully saturated rings. The molecule has 0 aromatic carbocycles. The Labute approximate surface area is 104 Å². The van der Waals surface area contributed by atoms with E-state index in [0.717, 1.165) is 11.5 Å². The normalized spacial score (nSPS) is 15.7. The topological polar surface area (TPSA) is 37.8 Å². The van der Waals surface area contributed by atoms with E-state index in [9.17, 15) is 0 Å². The SMILES string of the molecule is C[Si](C)(C)C#Cc1ccc(NC2CCC2)nn1. The van der Waals surface area contributed by atoms with Gasteiger partial charge in [-0.3, -0.25) is 0 Å². The number of hydrogen-bond acceptors (Lipinski definition) is 3. The lowest BCUT2D eigenvalue weighted by molar-refractivity contribution is 0.444. The zero-order valence-electron chi connectivity index (χ0n) is 10.7. The lowest BCUT2D eigenvalue weighted by Gasteiger charge is -2.26. The van der Waals surface area contributed by atoms with Crippen LogP contribution in [-0.4, -0.2) is 24.3 Å². The van der Waals surface area contributed by atoms with Gasteiger partial charge >= 0.3 is 0 Å². The van der Waals surface area contributed by atoms with E-state index in [1.165, 1.54) is 19.3 Å². The lowest BCUT2D eigenvalue weighted by atomic mass is 9.93. The van der Waals surface area contributed by atoms with Crippen molar-refractivity contribution < 1.29 is 0 Å². The molecule has 2 rings (SSSR count). The molecule has 1 aromatic heterocycles. The average molecular weight is 245 g/mol. The van der Waals surface area contributed by atoms with Crippen LogP contribution in [0.25, 0.3) is 0 Å². The Morgan fingerprint density at radius 1 is 1.24 bits per heavy atom. The average Bonchev–Trinajstić information content (AvgIpc) is 2.21. The van der Waals surface area contributed by atoms with Gasteiger partial charge in [0.1, 0.15) is 19.6 Å². The Bertz CT molecular complexity index is 432. The van der Waals surface area contributed by atoms with E-state index < -0.39 is 8.07 Å². The van der Waals surface area contributed by atoms with E-state index >= 15 is 0 Å². The molecule has 0 radical (unpaired) electrons. The van der Waals surface area contributed by atoms with Crippen molar-refractivity contribution in [2.24, 2.45) is 0 Å². The molecule has 17 heavy (non-hydrogen) atoms. The number of rotatable bonds is 2. The van der Waals surface area contributed by atoms with Crippen molar-refractivity contribution >= 4 is 13.9 Å². The summed E-state index contributed by atoms with van der Waals surface area (Å²) >= 11 is 0. The first-order chi connectivity index (χ1) is 8.03. The minimum atomic E-state index is -1.32. The monoisotopic (exact) mass is 245 g/mol. The van der Waals surface area contributed by atoms with Crippen molar-refractivity contribution in [2.45, 2.75) is 44.9 Å². The maximum atomic E-state index is 4.15. The summed E-state index contributed by atoms with van der Waals surface area (Å²) in [5.74, 6) is 3.97. The quantitative estimate of drug-likeness (QED) is 0.643. The molecular weight excluding hydrogens is 226 g/mol. The van der Waals surface area contributed by atoms with Crippen molar-refractivity contribution in [3.63, 3.8) is 0 Å². The van der Waals surface area contributed by atoms with Crippen molar-refractivity contribution in [3.05, 3.63) is 17.8 Å². The van der Waals surface area contributed by atoms with Crippen LogP contribution in [0.4, 0.5) is 5.82 Å². The summed E-state index contributed by atoms with van der Waals surface area (Å²) in [5, 5.41) is 11.6. The van der Waals surface area contributed by atoms with Crippen LogP contribution in [0.3, 0.4) is 0 Å². The van der Waals surface area contributed by atoms with Crippen LogP contribution in [0.15, 0.2) is 12.1 Å². The minimum Gasteiger partial charge on any atom is -0.366 e. The fourth-order valence-corrected chi connectivity index (χ4v) is 1.99. The molecule has 0 atom stereocenters. The van der Waals surface area contributed by atoms with Crippen LogP contribution in [0.1, 0.15) is 25.0 Å². The number of anilines is 1. The fraction of sp³-hybridized carbons (Fsp3) is 0.538. The second-order valence-corrected chi connectivity index (χ2v) is 10.3. The summed E-state index contributed by atoms with van der Waals surface area (Å²) in [4.78, 5) is 0. The van der Waals surface area contributed by atoms with Gasteiger partial charge in [0.15, 0.2) is 0 Å². The van der Waals surface area contributed by atoms with Crippen LogP contribution < -0.4 is 5.32 Å². The van der Waals surface area contributed by atoms with E-state index in [1.54, 1.807) is 0 Å². The second kappa shape index (κ2) is 4.88. The van der Waals surface area contributed by atoms with Gasteiger partial charge in [-0.25, -0.2) is 0 Å². The van der Waals surface area contributed by atoms with Gasteiger partial charge in [0.05, 0.1) is 0 Å². The van der Waals surface area contributed by atoms with Crippen molar-refractivity contribution in [2.75, 3.05) is 5.32 Å². The van der Waals surface area contributed by atoms with Gasteiger partial charge in [-0.15, -0.1) is 15.7 Å². The smallest absolute Gasteiger partial charge is 0.148 e. The van der Waals surface area contributed by atoms with Crippen LogP contribution in [-0.2, 0) is 0 Å². The molecule has 1 saturated carbocycles. The molecule has 90 valence electrons. The predicted molar refractivity (Wildman–Crippen MR) is 73.5 cm³/mol. The van der Waals surface area contributed by atoms with Crippen molar-refractivity contribution in [3.8, 4) is 11.5 Å². The third-order valence-corrected chi connectivity index (χ3v) is 3.56. The minimum absolute atomic E-state index is 0.600.